The van der Waals surface area contributed by atoms with Crippen molar-refractivity contribution >= 4 is 8.07 Å². The Bertz CT molecular complexity index is 216. The van der Waals surface area contributed by atoms with Gasteiger partial charge >= 0.3 is 0 Å². The van der Waals surface area contributed by atoms with E-state index in [-0.39, 0.29) is 6.29 Å². The monoisotopic (exact) mass is 212 g/mol. The second-order valence-electron chi connectivity index (χ2n) is 4.66. The summed E-state index contributed by atoms with van der Waals surface area (Å²) >= 11 is 0. The molecule has 2 nitrogen and oxygen atoms in total. The SMILES string of the molecule is C[Si](C)(C)C#CCO[C@@H]1CCCCO1. The Hall–Kier alpha value is -0.303. The van der Waals surface area contributed by atoms with Crippen LogP contribution in [0, 0.1) is 11.5 Å². The van der Waals surface area contributed by atoms with E-state index in [2.05, 4.69) is 31.1 Å². The van der Waals surface area contributed by atoms with Gasteiger partial charge in [0.15, 0.2) is 6.29 Å². The van der Waals surface area contributed by atoms with Gasteiger partial charge in [-0.15, -0.1) is 5.54 Å². The van der Waals surface area contributed by atoms with Gasteiger partial charge in [0, 0.05) is 6.61 Å². The van der Waals surface area contributed by atoms with Crippen molar-refractivity contribution in [1.82, 2.24) is 0 Å². The van der Waals surface area contributed by atoms with Crippen LogP contribution in [0.2, 0.25) is 19.6 Å². The number of hydrogen-bond donors (Lipinski definition) is 0. The Kier molecular flexibility index (Phi) is 4.66. The van der Waals surface area contributed by atoms with Crippen LogP contribution in [0.4, 0.5) is 0 Å². The van der Waals surface area contributed by atoms with Crippen molar-refractivity contribution < 1.29 is 9.47 Å². The maximum Gasteiger partial charge on any atom is 0.158 e. The molecule has 1 aliphatic heterocycles. The van der Waals surface area contributed by atoms with Gasteiger partial charge in [-0.25, -0.2) is 0 Å². The standard InChI is InChI=1S/C11H20O2Si/c1-14(2,3)10-6-9-13-11-7-4-5-8-12-11/h11H,4-5,7-9H2,1-3H3/t11-/m1/s1. The molecule has 0 N–H and O–H groups in total. The summed E-state index contributed by atoms with van der Waals surface area (Å²) in [6.07, 6.45) is 3.40. The van der Waals surface area contributed by atoms with Crippen LogP contribution in [0.25, 0.3) is 0 Å². The van der Waals surface area contributed by atoms with E-state index in [9.17, 15) is 0 Å². The van der Waals surface area contributed by atoms with Gasteiger partial charge in [0.1, 0.15) is 14.7 Å². The van der Waals surface area contributed by atoms with Gasteiger partial charge in [0.05, 0.1) is 0 Å². The smallest absolute Gasteiger partial charge is 0.158 e. The molecule has 1 saturated heterocycles. The second-order valence-corrected chi connectivity index (χ2v) is 9.41. The summed E-state index contributed by atoms with van der Waals surface area (Å²) in [5.41, 5.74) is 3.27. The van der Waals surface area contributed by atoms with Crippen molar-refractivity contribution in [3.63, 3.8) is 0 Å². The summed E-state index contributed by atoms with van der Waals surface area (Å²) in [5, 5.41) is 0. The molecule has 0 bridgehead atoms. The quantitative estimate of drug-likeness (QED) is 0.517. The Morgan fingerprint density at radius 2 is 2.14 bits per heavy atom. The van der Waals surface area contributed by atoms with Crippen molar-refractivity contribution in [2.45, 2.75) is 45.2 Å². The maximum atomic E-state index is 5.50. The number of ether oxygens (including phenoxy) is 2. The lowest BCUT2D eigenvalue weighted by Crippen LogP contribution is -2.22. The molecule has 3 heteroatoms. The van der Waals surface area contributed by atoms with Crippen LogP contribution in [0.3, 0.4) is 0 Å². The summed E-state index contributed by atoms with van der Waals surface area (Å²) in [7, 11) is -1.23. The molecule has 0 unspecified atom stereocenters. The van der Waals surface area contributed by atoms with Gasteiger partial charge in [-0.05, 0) is 19.3 Å². The van der Waals surface area contributed by atoms with E-state index in [1.807, 2.05) is 0 Å². The van der Waals surface area contributed by atoms with Gasteiger partial charge in [0.25, 0.3) is 0 Å². The average Bonchev–Trinajstić information content (AvgIpc) is 2.13. The van der Waals surface area contributed by atoms with Crippen LogP contribution >= 0.6 is 0 Å². The highest BCUT2D eigenvalue weighted by atomic mass is 28.3. The molecule has 14 heavy (non-hydrogen) atoms. The van der Waals surface area contributed by atoms with Gasteiger partial charge in [-0.3, -0.25) is 0 Å². The van der Waals surface area contributed by atoms with E-state index < -0.39 is 8.07 Å². The van der Waals surface area contributed by atoms with Gasteiger partial charge in [-0.1, -0.05) is 25.6 Å². The fourth-order valence-electron chi connectivity index (χ4n) is 1.28. The van der Waals surface area contributed by atoms with E-state index in [1.165, 1.54) is 12.8 Å². The van der Waals surface area contributed by atoms with E-state index in [4.69, 9.17) is 9.47 Å². The Morgan fingerprint density at radius 1 is 1.36 bits per heavy atom. The zero-order chi connectivity index (χ0) is 10.4. The van der Waals surface area contributed by atoms with Crippen LogP contribution < -0.4 is 0 Å². The lowest BCUT2D eigenvalue weighted by Gasteiger charge is -2.21. The molecule has 0 spiro atoms. The molecule has 0 aromatic heterocycles. The molecule has 1 atom stereocenters. The first-order chi connectivity index (χ1) is 6.58. The topological polar surface area (TPSA) is 18.5 Å². The minimum Gasteiger partial charge on any atom is -0.353 e. The van der Waals surface area contributed by atoms with Crippen LogP contribution in [0.1, 0.15) is 19.3 Å². The Labute approximate surface area is 88.0 Å². The largest absolute Gasteiger partial charge is 0.353 e. The summed E-state index contributed by atoms with van der Waals surface area (Å²) in [6.45, 7) is 8.06. The molecule has 0 aliphatic carbocycles. The van der Waals surface area contributed by atoms with Crippen molar-refractivity contribution in [3.8, 4) is 11.5 Å². The lowest BCUT2D eigenvalue weighted by molar-refractivity contribution is -0.154. The molecule has 0 radical (unpaired) electrons. The predicted molar refractivity (Wildman–Crippen MR) is 60.7 cm³/mol. The zero-order valence-corrected chi connectivity index (χ0v) is 10.4. The fourth-order valence-corrected chi connectivity index (χ4v) is 1.88. The molecular weight excluding hydrogens is 192 g/mol. The molecule has 1 heterocycles. The van der Waals surface area contributed by atoms with E-state index >= 15 is 0 Å². The highest BCUT2D eigenvalue weighted by molar-refractivity contribution is 6.83. The molecule has 1 aliphatic rings. The van der Waals surface area contributed by atoms with Gasteiger partial charge in [-0.2, -0.15) is 0 Å². The van der Waals surface area contributed by atoms with Crippen molar-refractivity contribution in [3.05, 3.63) is 0 Å². The van der Waals surface area contributed by atoms with Crippen LogP contribution in [-0.2, 0) is 9.47 Å². The average molecular weight is 212 g/mol. The van der Waals surface area contributed by atoms with Crippen molar-refractivity contribution in [1.29, 1.82) is 0 Å². The molecule has 0 aromatic carbocycles. The van der Waals surface area contributed by atoms with Gasteiger partial charge in [0.2, 0.25) is 0 Å². The minimum absolute atomic E-state index is 0.000292. The molecule has 0 amide bonds. The van der Waals surface area contributed by atoms with Crippen molar-refractivity contribution in [2.24, 2.45) is 0 Å². The Morgan fingerprint density at radius 3 is 2.71 bits per heavy atom. The summed E-state index contributed by atoms with van der Waals surface area (Å²) in [5.74, 6) is 3.08. The molecule has 0 saturated carbocycles. The van der Waals surface area contributed by atoms with Crippen LogP contribution in [0.15, 0.2) is 0 Å². The zero-order valence-electron chi connectivity index (χ0n) is 9.43. The first kappa shape index (κ1) is 11.8. The molecular formula is C11H20O2Si. The normalized spacial score (nSPS) is 22.6. The minimum atomic E-state index is -1.23. The van der Waals surface area contributed by atoms with E-state index in [0.717, 1.165) is 13.0 Å². The third-order valence-corrected chi connectivity index (χ3v) is 2.87. The maximum absolute atomic E-state index is 5.50. The molecule has 0 aromatic rings. The summed E-state index contributed by atoms with van der Waals surface area (Å²) < 4.78 is 10.9. The second kappa shape index (κ2) is 5.55. The highest BCUT2D eigenvalue weighted by Crippen LogP contribution is 2.13. The number of hydrogen-bond acceptors (Lipinski definition) is 2. The van der Waals surface area contributed by atoms with E-state index in [1.54, 1.807) is 0 Å². The van der Waals surface area contributed by atoms with E-state index in [0.29, 0.717) is 6.61 Å². The fraction of sp³-hybridized carbons (Fsp3) is 0.818. The summed E-state index contributed by atoms with van der Waals surface area (Å²) in [4.78, 5) is 0. The lowest BCUT2D eigenvalue weighted by atomic mass is 10.2. The van der Waals surface area contributed by atoms with Crippen LogP contribution in [0.5, 0.6) is 0 Å². The summed E-state index contributed by atoms with van der Waals surface area (Å²) in [6, 6.07) is 0. The first-order valence-corrected chi connectivity index (χ1v) is 8.81. The molecule has 80 valence electrons. The first-order valence-electron chi connectivity index (χ1n) is 5.31. The van der Waals surface area contributed by atoms with Crippen molar-refractivity contribution in [2.75, 3.05) is 13.2 Å². The predicted octanol–water partition coefficient (Wildman–Crippen LogP) is 2.41. The van der Waals surface area contributed by atoms with Crippen LogP contribution in [-0.4, -0.2) is 27.6 Å². The third kappa shape index (κ3) is 5.43. The molecule has 1 rings (SSSR count). The third-order valence-electron chi connectivity index (χ3n) is 1.94. The Balaban J connectivity index is 2.16. The highest BCUT2D eigenvalue weighted by Gasteiger charge is 2.13. The number of rotatable bonds is 2. The molecule has 1 fully saturated rings. The van der Waals surface area contributed by atoms with Gasteiger partial charge < -0.3 is 9.47 Å².